The molecule has 0 amide bonds. The number of hydrogen-bond acceptors (Lipinski definition) is 2. The highest BCUT2D eigenvalue weighted by atomic mass is 19.1. The Balaban J connectivity index is 2.18. The van der Waals surface area contributed by atoms with E-state index in [1.165, 1.54) is 11.3 Å². The first-order valence-corrected chi connectivity index (χ1v) is 7.41. The van der Waals surface area contributed by atoms with Crippen LogP contribution >= 0.6 is 0 Å². The number of halogens is 1. The van der Waals surface area contributed by atoms with Gasteiger partial charge in [0, 0.05) is 23.5 Å². The molecule has 1 heterocycles. The summed E-state index contributed by atoms with van der Waals surface area (Å²) < 4.78 is 13.9. The van der Waals surface area contributed by atoms with Crippen molar-refractivity contribution in [3.05, 3.63) is 58.9 Å². The summed E-state index contributed by atoms with van der Waals surface area (Å²) in [5, 5.41) is 0. The molecule has 2 N–H and O–H groups in total. The molecule has 1 aliphatic rings. The average Bonchev–Trinajstić information content (AvgIpc) is 2.77. The molecule has 0 fully saturated rings. The standard InChI is InChI=1S/C18H21FN2/c1-11-8-18(15(13(3)20)10-16(11)19)21-12(2)9-14-6-4-5-7-17(14)21/h4-8,10,12-13H,9,20H2,1-3H3. The van der Waals surface area contributed by atoms with Crippen molar-refractivity contribution in [2.24, 2.45) is 5.73 Å². The van der Waals surface area contributed by atoms with Gasteiger partial charge in [0.2, 0.25) is 0 Å². The molecule has 2 nitrogen and oxygen atoms in total. The molecule has 2 unspecified atom stereocenters. The highest BCUT2D eigenvalue weighted by molar-refractivity contribution is 5.74. The van der Waals surface area contributed by atoms with Crippen molar-refractivity contribution in [3.8, 4) is 0 Å². The number of fused-ring (bicyclic) bond motifs is 1. The highest BCUT2D eigenvalue weighted by Crippen LogP contribution is 2.41. The number of benzene rings is 2. The van der Waals surface area contributed by atoms with Gasteiger partial charge >= 0.3 is 0 Å². The number of hydrogen-bond donors (Lipinski definition) is 1. The number of rotatable bonds is 2. The van der Waals surface area contributed by atoms with Gasteiger partial charge in [0.25, 0.3) is 0 Å². The minimum atomic E-state index is -0.199. The van der Waals surface area contributed by atoms with Crippen LogP contribution in [0.1, 0.15) is 36.6 Å². The molecule has 1 aliphatic heterocycles. The summed E-state index contributed by atoms with van der Waals surface area (Å²) >= 11 is 0. The molecule has 2 atom stereocenters. The van der Waals surface area contributed by atoms with Gasteiger partial charge in [0.05, 0.1) is 0 Å². The van der Waals surface area contributed by atoms with Crippen molar-refractivity contribution in [1.29, 1.82) is 0 Å². The monoisotopic (exact) mass is 284 g/mol. The molecular weight excluding hydrogens is 263 g/mol. The second kappa shape index (κ2) is 5.15. The van der Waals surface area contributed by atoms with Gasteiger partial charge in [-0.15, -0.1) is 0 Å². The lowest BCUT2D eigenvalue weighted by Gasteiger charge is -2.29. The SMILES string of the molecule is Cc1cc(N2c3ccccc3CC2C)c(C(C)N)cc1F. The molecule has 2 aromatic rings. The van der Waals surface area contributed by atoms with E-state index in [4.69, 9.17) is 5.73 Å². The van der Waals surface area contributed by atoms with Gasteiger partial charge in [0.1, 0.15) is 5.82 Å². The summed E-state index contributed by atoms with van der Waals surface area (Å²) in [7, 11) is 0. The Labute approximate surface area is 125 Å². The van der Waals surface area contributed by atoms with E-state index in [1.807, 2.05) is 19.1 Å². The van der Waals surface area contributed by atoms with Gasteiger partial charge < -0.3 is 10.6 Å². The van der Waals surface area contributed by atoms with Crippen LogP contribution in [0.3, 0.4) is 0 Å². The molecule has 110 valence electrons. The third-order valence-corrected chi connectivity index (χ3v) is 4.27. The van der Waals surface area contributed by atoms with E-state index < -0.39 is 0 Å². The van der Waals surface area contributed by atoms with Crippen LogP contribution in [0, 0.1) is 12.7 Å². The molecule has 2 aromatic carbocycles. The van der Waals surface area contributed by atoms with E-state index in [9.17, 15) is 4.39 Å². The Morgan fingerprint density at radius 3 is 2.67 bits per heavy atom. The molecular formula is C18H21FN2. The first-order valence-electron chi connectivity index (χ1n) is 7.41. The minimum absolute atomic E-state index is 0.189. The quantitative estimate of drug-likeness (QED) is 0.894. The zero-order chi connectivity index (χ0) is 15.1. The van der Waals surface area contributed by atoms with Gasteiger partial charge in [-0.1, -0.05) is 18.2 Å². The Hall–Kier alpha value is -1.87. The van der Waals surface area contributed by atoms with Gasteiger partial charge in [-0.05, 0) is 62.1 Å². The Morgan fingerprint density at radius 2 is 1.95 bits per heavy atom. The van der Waals surface area contributed by atoms with Gasteiger partial charge in [-0.3, -0.25) is 0 Å². The van der Waals surface area contributed by atoms with Crippen molar-refractivity contribution in [1.82, 2.24) is 0 Å². The number of anilines is 2. The maximum absolute atomic E-state index is 13.9. The van der Waals surface area contributed by atoms with E-state index in [-0.39, 0.29) is 11.9 Å². The molecule has 0 spiro atoms. The summed E-state index contributed by atoms with van der Waals surface area (Å²) in [6, 6.07) is 12.1. The molecule has 3 rings (SSSR count). The van der Waals surface area contributed by atoms with Crippen LogP contribution in [-0.4, -0.2) is 6.04 Å². The molecule has 0 aromatic heterocycles. The number of nitrogens with two attached hydrogens (primary N) is 1. The van der Waals surface area contributed by atoms with Crippen molar-refractivity contribution in [3.63, 3.8) is 0 Å². The maximum Gasteiger partial charge on any atom is 0.126 e. The van der Waals surface area contributed by atoms with Crippen LogP contribution in [0.15, 0.2) is 36.4 Å². The molecule has 0 saturated heterocycles. The fraction of sp³-hybridized carbons (Fsp3) is 0.333. The smallest absolute Gasteiger partial charge is 0.126 e. The van der Waals surface area contributed by atoms with Crippen LogP contribution in [0.4, 0.5) is 15.8 Å². The second-order valence-corrected chi connectivity index (χ2v) is 6.00. The molecule has 3 heteroatoms. The molecule has 0 radical (unpaired) electrons. The van der Waals surface area contributed by atoms with Crippen LogP contribution in [-0.2, 0) is 6.42 Å². The van der Waals surface area contributed by atoms with Crippen molar-refractivity contribution < 1.29 is 4.39 Å². The topological polar surface area (TPSA) is 29.3 Å². The molecule has 0 bridgehead atoms. The van der Waals surface area contributed by atoms with Crippen LogP contribution in [0.2, 0.25) is 0 Å². The third kappa shape index (κ3) is 2.32. The summed E-state index contributed by atoms with van der Waals surface area (Å²) in [4.78, 5) is 2.29. The van der Waals surface area contributed by atoms with Crippen molar-refractivity contribution in [2.45, 2.75) is 39.3 Å². The van der Waals surface area contributed by atoms with Gasteiger partial charge in [-0.2, -0.15) is 0 Å². The summed E-state index contributed by atoms with van der Waals surface area (Å²) in [5.74, 6) is -0.189. The predicted molar refractivity (Wildman–Crippen MR) is 85.5 cm³/mol. The Kier molecular flexibility index (Phi) is 3.46. The average molecular weight is 284 g/mol. The molecule has 21 heavy (non-hydrogen) atoms. The highest BCUT2D eigenvalue weighted by Gasteiger charge is 2.29. The largest absolute Gasteiger partial charge is 0.338 e. The van der Waals surface area contributed by atoms with E-state index in [0.717, 1.165) is 17.7 Å². The van der Waals surface area contributed by atoms with Crippen molar-refractivity contribution >= 4 is 11.4 Å². The Bertz CT molecular complexity index is 679. The normalized spacial score (nSPS) is 18.7. The van der Waals surface area contributed by atoms with E-state index in [1.54, 1.807) is 13.0 Å². The number of nitrogens with zero attached hydrogens (tertiary/aromatic N) is 1. The first-order chi connectivity index (χ1) is 9.99. The minimum Gasteiger partial charge on any atom is -0.338 e. The fourth-order valence-electron chi connectivity index (χ4n) is 3.19. The van der Waals surface area contributed by atoms with E-state index in [0.29, 0.717) is 11.6 Å². The molecule has 0 aliphatic carbocycles. The zero-order valence-electron chi connectivity index (χ0n) is 12.7. The van der Waals surface area contributed by atoms with Crippen LogP contribution < -0.4 is 10.6 Å². The second-order valence-electron chi connectivity index (χ2n) is 6.00. The van der Waals surface area contributed by atoms with Gasteiger partial charge in [0.15, 0.2) is 0 Å². The number of aryl methyl sites for hydroxylation is 1. The lowest BCUT2D eigenvalue weighted by atomic mass is 10.0. The molecule has 0 saturated carbocycles. The fourth-order valence-corrected chi connectivity index (χ4v) is 3.19. The third-order valence-electron chi connectivity index (χ3n) is 4.27. The lowest BCUT2D eigenvalue weighted by molar-refractivity contribution is 0.612. The Morgan fingerprint density at radius 1 is 1.24 bits per heavy atom. The van der Waals surface area contributed by atoms with E-state index in [2.05, 4.69) is 30.0 Å². The van der Waals surface area contributed by atoms with Crippen LogP contribution in [0.25, 0.3) is 0 Å². The van der Waals surface area contributed by atoms with Gasteiger partial charge in [-0.25, -0.2) is 4.39 Å². The summed E-state index contributed by atoms with van der Waals surface area (Å²) in [6.07, 6.45) is 1.00. The number of para-hydroxylation sites is 1. The zero-order valence-corrected chi connectivity index (χ0v) is 12.7. The van der Waals surface area contributed by atoms with Crippen LogP contribution in [0.5, 0.6) is 0 Å². The van der Waals surface area contributed by atoms with Crippen molar-refractivity contribution in [2.75, 3.05) is 4.90 Å². The first kappa shape index (κ1) is 14.1. The summed E-state index contributed by atoms with van der Waals surface area (Å²) in [5.41, 5.74) is 11.2. The van der Waals surface area contributed by atoms with E-state index >= 15 is 0 Å². The lowest BCUT2D eigenvalue weighted by Crippen LogP contribution is -2.26. The summed E-state index contributed by atoms with van der Waals surface area (Å²) in [6.45, 7) is 5.90. The predicted octanol–water partition coefficient (Wildman–Crippen LogP) is 4.24. The maximum atomic E-state index is 13.9.